The van der Waals surface area contributed by atoms with Gasteiger partial charge in [-0.05, 0) is 53.4 Å². The van der Waals surface area contributed by atoms with Crippen LogP contribution in [-0.4, -0.2) is 38.7 Å². The maximum absolute atomic E-state index is 13.8. The Bertz CT molecular complexity index is 1650. The first-order valence-corrected chi connectivity index (χ1v) is 17.8. The van der Waals surface area contributed by atoms with Crippen LogP contribution in [0.5, 0.6) is 0 Å². The molecule has 8 nitrogen and oxygen atoms in total. The number of nitrogens with one attached hydrogen (secondary N) is 1. The third-order valence-electron chi connectivity index (χ3n) is 9.73. The van der Waals surface area contributed by atoms with Crippen molar-refractivity contribution in [2.45, 2.75) is 69.6 Å². The highest BCUT2D eigenvalue weighted by atomic mass is 32.2. The molecule has 2 heterocycles. The van der Waals surface area contributed by atoms with Crippen LogP contribution in [0.1, 0.15) is 69.4 Å². The van der Waals surface area contributed by atoms with Crippen molar-refractivity contribution in [2.24, 2.45) is 17.8 Å². The molecule has 1 N–H and O–H groups in total. The van der Waals surface area contributed by atoms with Gasteiger partial charge in [0.2, 0.25) is 11.3 Å². The zero-order valence-corrected chi connectivity index (χ0v) is 28.5. The predicted octanol–water partition coefficient (Wildman–Crippen LogP) is 7.20. The molecule has 2 aliphatic rings. The lowest BCUT2D eigenvalue weighted by atomic mass is 9.67. The summed E-state index contributed by atoms with van der Waals surface area (Å²) in [5.41, 5.74) is 0.752. The second kappa shape index (κ2) is 14.9. The summed E-state index contributed by atoms with van der Waals surface area (Å²) in [5, 5.41) is 2.87. The number of anilines is 1. The summed E-state index contributed by atoms with van der Waals surface area (Å²) in [6.07, 6.45) is 3.89. The molecular formula is C39H43N3O5S. The van der Waals surface area contributed by atoms with Crippen LogP contribution in [0.4, 0.5) is 5.82 Å². The van der Waals surface area contributed by atoms with Crippen molar-refractivity contribution in [3.8, 4) is 0 Å². The molecule has 0 spiro atoms. The second-order valence-electron chi connectivity index (χ2n) is 13.3. The third-order valence-corrected chi connectivity index (χ3v) is 10.8. The van der Waals surface area contributed by atoms with Gasteiger partial charge in [-0.15, -0.1) is 11.8 Å². The summed E-state index contributed by atoms with van der Waals surface area (Å²) in [6, 6.07) is 31.5. The van der Waals surface area contributed by atoms with Gasteiger partial charge in [0.15, 0.2) is 0 Å². The fourth-order valence-electron chi connectivity index (χ4n) is 7.22. The van der Waals surface area contributed by atoms with E-state index < -0.39 is 28.7 Å². The van der Waals surface area contributed by atoms with Crippen LogP contribution in [0, 0.1) is 17.8 Å². The molecule has 1 aliphatic carbocycles. The fourth-order valence-corrected chi connectivity index (χ4v) is 8.20. The number of carbonyl (C=O) groups excluding carboxylic acids is 2. The molecule has 4 aromatic rings. The summed E-state index contributed by atoms with van der Waals surface area (Å²) in [7, 11) is 0. The van der Waals surface area contributed by atoms with Gasteiger partial charge in [-0.1, -0.05) is 118 Å². The highest BCUT2D eigenvalue weighted by Gasteiger charge is 2.40. The van der Waals surface area contributed by atoms with E-state index in [9.17, 15) is 14.4 Å². The fraction of sp³-hybridized carbons (Fsp3) is 0.385. The van der Waals surface area contributed by atoms with Crippen LogP contribution in [0.2, 0.25) is 0 Å². The van der Waals surface area contributed by atoms with Gasteiger partial charge in [-0.3, -0.25) is 9.36 Å². The first-order chi connectivity index (χ1) is 23.2. The van der Waals surface area contributed by atoms with E-state index in [1.54, 1.807) is 12.3 Å². The number of hydrogen-bond acceptors (Lipinski definition) is 7. The van der Waals surface area contributed by atoms with E-state index in [0.29, 0.717) is 23.5 Å². The third kappa shape index (κ3) is 7.27. The Balaban J connectivity index is 1.16. The van der Waals surface area contributed by atoms with E-state index in [4.69, 9.17) is 9.47 Å². The Labute approximate surface area is 286 Å². The lowest BCUT2D eigenvalue weighted by Gasteiger charge is -2.37. The molecule has 9 heteroatoms. The van der Waals surface area contributed by atoms with Crippen LogP contribution in [-0.2, 0) is 24.5 Å². The lowest BCUT2D eigenvalue weighted by molar-refractivity contribution is -0.166. The van der Waals surface area contributed by atoms with E-state index in [1.807, 2.05) is 91.0 Å². The van der Waals surface area contributed by atoms with E-state index in [-0.39, 0.29) is 24.2 Å². The predicted molar refractivity (Wildman–Crippen MR) is 189 cm³/mol. The molecule has 250 valence electrons. The molecule has 1 aliphatic heterocycles. The largest absolute Gasteiger partial charge is 0.459 e. The molecular weight excluding hydrogens is 623 g/mol. The number of esters is 1. The van der Waals surface area contributed by atoms with Crippen LogP contribution < -0.4 is 11.0 Å². The number of ether oxygens (including phenoxy) is 2. The minimum absolute atomic E-state index is 0.0827. The van der Waals surface area contributed by atoms with Crippen molar-refractivity contribution in [2.75, 3.05) is 11.1 Å². The molecule has 5 atom stereocenters. The number of amides is 1. The van der Waals surface area contributed by atoms with E-state index in [1.165, 1.54) is 16.3 Å². The lowest BCUT2D eigenvalue weighted by Crippen LogP contribution is -2.38. The van der Waals surface area contributed by atoms with Gasteiger partial charge in [0, 0.05) is 18.4 Å². The number of thioether (sulfide) groups is 1. The smallest absolute Gasteiger partial charge is 0.351 e. The van der Waals surface area contributed by atoms with Gasteiger partial charge in [-0.25, -0.2) is 9.59 Å². The van der Waals surface area contributed by atoms with Crippen molar-refractivity contribution in [3.05, 3.63) is 130 Å². The molecule has 0 radical (unpaired) electrons. The Morgan fingerprint density at radius 1 is 0.938 bits per heavy atom. The summed E-state index contributed by atoms with van der Waals surface area (Å²) >= 11 is 1.32. The normalized spacial score (nSPS) is 22.7. The minimum atomic E-state index is -0.812. The minimum Gasteiger partial charge on any atom is -0.459 e. The number of aromatic nitrogens is 2. The monoisotopic (exact) mass is 665 g/mol. The topological polar surface area (TPSA) is 99.5 Å². The van der Waals surface area contributed by atoms with Crippen LogP contribution in [0.15, 0.2) is 108 Å². The van der Waals surface area contributed by atoms with Crippen LogP contribution in [0.3, 0.4) is 0 Å². The number of hydrogen-bond donors (Lipinski definition) is 1. The first kappa shape index (κ1) is 33.7. The van der Waals surface area contributed by atoms with Crippen molar-refractivity contribution in [3.63, 3.8) is 0 Å². The van der Waals surface area contributed by atoms with E-state index in [0.717, 1.165) is 36.0 Å². The Kier molecular flexibility index (Phi) is 10.5. The molecule has 1 amide bonds. The molecule has 0 bridgehead atoms. The van der Waals surface area contributed by atoms with Gasteiger partial charge in [0.1, 0.15) is 18.1 Å². The molecule has 0 unspecified atom stereocenters. The van der Waals surface area contributed by atoms with E-state index in [2.05, 4.69) is 31.1 Å². The number of benzene rings is 3. The highest BCUT2D eigenvalue weighted by molar-refractivity contribution is 8.00. The molecule has 1 aromatic heterocycles. The van der Waals surface area contributed by atoms with Gasteiger partial charge in [-0.2, -0.15) is 4.98 Å². The second-order valence-corrected chi connectivity index (χ2v) is 14.4. The Morgan fingerprint density at radius 2 is 1.52 bits per heavy atom. The molecule has 1 saturated heterocycles. The van der Waals surface area contributed by atoms with Gasteiger partial charge < -0.3 is 14.8 Å². The molecule has 6 rings (SSSR count). The highest BCUT2D eigenvalue weighted by Crippen LogP contribution is 2.42. The summed E-state index contributed by atoms with van der Waals surface area (Å²) in [5.74, 6) is 1.14. The quantitative estimate of drug-likeness (QED) is 0.141. The standard InChI is InChI=1S/C39H43N3O5S/c1-26(2)31-20-19-27(3)23-32(31)46-36(44)37-47-35(25-48-37)42-22-21-33(41-38(42)45)40-34(43)24-39(28-13-7-4-8-14-28,29-15-9-5-10-16-29)30-17-11-6-12-18-30/h4-18,21-22,26-27,31-32,35,37H,19-20,23-25H2,1-3H3,(H,40,41,43,45)/t27-,31+,32-,35+,37-/m1/s1. The Hall–Kier alpha value is -4.21. The first-order valence-electron chi connectivity index (χ1n) is 16.8. The average Bonchev–Trinajstić information content (AvgIpc) is 3.59. The zero-order valence-electron chi connectivity index (χ0n) is 27.7. The summed E-state index contributed by atoms with van der Waals surface area (Å²) < 4.78 is 13.4. The average molecular weight is 666 g/mol. The van der Waals surface area contributed by atoms with Crippen molar-refractivity contribution >= 4 is 29.5 Å². The summed E-state index contributed by atoms with van der Waals surface area (Å²) in [6.45, 7) is 6.55. The van der Waals surface area contributed by atoms with Crippen LogP contribution in [0.25, 0.3) is 0 Å². The van der Waals surface area contributed by atoms with E-state index >= 15 is 0 Å². The number of nitrogens with zero attached hydrogens (tertiary/aromatic N) is 2. The SMILES string of the molecule is CC(C)[C@@H]1CC[C@@H](C)C[C@H]1OC(=O)[C@@H]1O[C@H](n2ccc(NC(=O)CC(c3ccccc3)(c3ccccc3)c3ccccc3)nc2=O)CS1. The van der Waals surface area contributed by atoms with Crippen LogP contribution >= 0.6 is 11.8 Å². The molecule has 1 saturated carbocycles. The number of rotatable bonds is 10. The van der Waals surface area contributed by atoms with Gasteiger partial charge >= 0.3 is 11.7 Å². The zero-order chi connectivity index (χ0) is 33.7. The molecule has 3 aromatic carbocycles. The van der Waals surface area contributed by atoms with Crippen molar-refractivity contribution in [1.82, 2.24) is 9.55 Å². The molecule has 48 heavy (non-hydrogen) atoms. The van der Waals surface area contributed by atoms with Crippen molar-refractivity contribution in [1.29, 1.82) is 0 Å². The van der Waals surface area contributed by atoms with Gasteiger partial charge in [0.05, 0.1) is 5.41 Å². The molecule has 2 fully saturated rings. The number of carbonyl (C=O) groups is 2. The maximum Gasteiger partial charge on any atom is 0.351 e. The van der Waals surface area contributed by atoms with Gasteiger partial charge in [0.25, 0.3) is 0 Å². The maximum atomic E-state index is 13.8. The summed E-state index contributed by atoms with van der Waals surface area (Å²) in [4.78, 5) is 44.3. The van der Waals surface area contributed by atoms with Crippen molar-refractivity contribution < 1.29 is 19.1 Å². The Morgan fingerprint density at radius 3 is 2.06 bits per heavy atom.